The molecule has 4 rings (SSSR count). The van der Waals surface area contributed by atoms with Crippen LogP contribution < -0.4 is 4.74 Å². The first-order valence-electron chi connectivity index (χ1n) is 10.6. The normalized spacial score (nSPS) is 13.3. The Hall–Kier alpha value is -2.17. The second-order valence-corrected chi connectivity index (χ2v) is 9.80. The number of carbonyl (C=O) groups is 1. The number of halogens is 2. The number of carbonyl (C=O) groups excluding carboxylic acids is 1. The van der Waals surface area contributed by atoms with Crippen molar-refractivity contribution in [1.29, 1.82) is 0 Å². The molecule has 4 aromatic carbocycles. The number of fused-ring (bicyclic) bond motifs is 2. The van der Waals surface area contributed by atoms with Crippen LogP contribution in [0.25, 0.3) is 21.5 Å². The Kier molecular flexibility index (Phi) is 6.78. The molecule has 0 fully saturated rings. The minimum Gasteiger partial charge on any atom is -0.423 e. The number of alkyl halides is 2. The molecule has 0 aromatic heterocycles. The van der Waals surface area contributed by atoms with Crippen LogP contribution in [0.2, 0.25) is 0 Å². The van der Waals surface area contributed by atoms with E-state index >= 15 is 0 Å². The Balaban J connectivity index is 1.82. The van der Waals surface area contributed by atoms with Gasteiger partial charge in [-0.2, -0.15) is 0 Å². The van der Waals surface area contributed by atoms with Gasteiger partial charge in [0.05, 0.1) is 5.56 Å². The molecule has 0 bridgehead atoms. The summed E-state index contributed by atoms with van der Waals surface area (Å²) in [7, 11) is 0. The molecule has 0 aliphatic carbocycles. The second kappa shape index (κ2) is 9.54. The summed E-state index contributed by atoms with van der Waals surface area (Å²) in [6, 6.07) is 24.2. The van der Waals surface area contributed by atoms with Crippen molar-refractivity contribution in [3.8, 4) is 5.75 Å². The average molecular weight is 540 g/mol. The maximum Gasteiger partial charge on any atom is 0.343 e. The molecule has 0 aliphatic rings. The third-order valence-electron chi connectivity index (χ3n) is 5.67. The van der Waals surface area contributed by atoms with E-state index in [0.29, 0.717) is 11.3 Å². The molecule has 2 unspecified atom stereocenters. The Bertz CT molecular complexity index is 1250. The van der Waals surface area contributed by atoms with Crippen LogP contribution in [0.5, 0.6) is 5.75 Å². The van der Waals surface area contributed by atoms with Gasteiger partial charge in [-0.1, -0.05) is 106 Å². The SMILES string of the molecule is CCC(Br)c1c(OC(=O)c2ccc3ccccc3c2C(Br)CC)ccc2ccccc12. The molecule has 0 spiro atoms. The minimum atomic E-state index is -0.328. The van der Waals surface area contributed by atoms with Crippen LogP contribution in [-0.2, 0) is 0 Å². The van der Waals surface area contributed by atoms with E-state index in [0.717, 1.165) is 45.5 Å². The van der Waals surface area contributed by atoms with Gasteiger partial charge in [0.15, 0.2) is 0 Å². The van der Waals surface area contributed by atoms with Gasteiger partial charge in [-0.05, 0) is 52.1 Å². The topological polar surface area (TPSA) is 26.3 Å². The zero-order valence-corrected chi connectivity index (χ0v) is 20.7. The molecule has 0 heterocycles. The fourth-order valence-electron chi connectivity index (χ4n) is 4.06. The van der Waals surface area contributed by atoms with Crippen LogP contribution >= 0.6 is 31.9 Å². The highest BCUT2D eigenvalue weighted by molar-refractivity contribution is 9.09. The fourth-order valence-corrected chi connectivity index (χ4v) is 5.03. The van der Waals surface area contributed by atoms with E-state index in [2.05, 4.69) is 70.0 Å². The first-order valence-corrected chi connectivity index (χ1v) is 12.4. The van der Waals surface area contributed by atoms with E-state index < -0.39 is 0 Å². The molecular formula is C27H24Br2O2. The van der Waals surface area contributed by atoms with Gasteiger partial charge in [0.2, 0.25) is 0 Å². The van der Waals surface area contributed by atoms with E-state index in [4.69, 9.17) is 4.74 Å². The second-order valence-electron chi connectivity index (χ2n) is 7.59. The van der Waals surface area contributed by atoms with Crippen LogP contribution in [0, 0.1) is 0 Å². The Morgan fingerprint density at radius 2 is 1.26 bits per heavy atom. The lowest BCUT2D eigenvalue weighted by molar-refractivity contribution is 0.0732. The highest BCUT2D eigenvalue weighted by Crippen LogP contribution is 2.40. The summed E-state index contributed by atoms with van der Waals surface area (Å²) in [5, 5.41) is 4.42. The smallest absolute Gasteiger partial charge is 0.343 e. The third kappa shape index (κ3) is 4.28. The monoisotopic (exact) mass is 538 g/mol. The molecule has 4 aromatic rings. The number of benzene rings is 4. The minimum absolute atomic E-state index is 0.0665. The van der Waals surface area contributed by atoms with Gasteiger partial charge in [-0.15, -0.1) is 0 Å². The van der Waals surface area contributed by atoms with Crippen molar-refractivity contribution in [2.75, 3.05) is 0 Å². The summed E-state index contributed by atoms with van der Waals surface area (Å²) < 4.78 is 6.06. The van der Waals surface area contributed by atoms with Gasteiger partial charge < -0.3 is 4.74 Å². The largest absolute Gasteiger partial charge is 0.423 e. The van der Waals surface area contributed by atoms with Gasteiger partial charge in [0.1, 0.15) is 5.75 Å². The van der Waals surface area contributed by atoms with Crippen molar-refractivity contribution in [3.05, 3.63) is 89.5 Å². The average Bonchev–Trinajstić information content (AvgIpc) is 2.82. The molecule has 4 heteroatoms. The molecule has 0 N–H and O–H groups in total. The predicted octanol–water partition coefficient (Wildman–Crippen LogP) is 8.90. The van der Waals surface area contributed by atoms with Crippen molar-refractivity contribution in [2.45, 2.75) is 36.3 Å². The van der Waals surface area contributed by atoms with Crippen molar-refractivity contribution < 1.29 is 9.53 Å². The molecule has 31 heavy (non-hydrogen) atoms. The highest BCUT2D eigenvalue weighted by atomic mass is 79.9. The van der Waals surface area contributed by atoms with Gasteiger partial charge in [-0.3, -0.25) is 0 Å². The highest BCUT2D eigenvalue weighted by Gasteiger charge is 2.23. The first-order chi connectivity index (χ1) is 15.0. The van der Waals surface area contributed by atoms with Crippen LogP contribution in [0.15, 0.2) is 72.8 Å². The van der Waals surface area contributed by atoms with E-state index in [1.807, 2.05) is 48.5 Å². The number of rotatable bonds is 6. The lowest BCUT2D eigenvalue weighted by atomic mass is 9.95. The Morgan fingerprint density at radius 3 is 1.87 bits per heavy atom. The Labute approximate surface area is 199 Å². The summed E-state index contributed by atoms with van der Waals surface area (Å²) in [4.78, 5) is 13.6. The summed E-state index contributed by atoms with van der Waals surface area (Å²) in [5.41, 5.74) is 2.60. The molecule has 0 aliphatic heterocycles. The van der Waals surface area contributed by atoms with Gasteiger partial charge >= 0.3 is 5.97 Å². The molecule has 0 amide bonds. The molecule has 0 saturated heterocycles. The lowest BCUT2D eigenvalue weighted by Crippen LogP contribution is -2.14. The standard InChI is InChI=1S/C27H24Br2O2/c1-3-22(28)25-19-11-7-5-9-17(19)13-15-21(25)27(30)31-24-16-14-18-10-6-8-12-20(18)26(24)23(29)4-2/h5-16,22-23H,3-4H2,1-2H3. The molecule has 0 saturated carbocycles. The fraction of sp³-hybridized carbons (Fsp3) is 0.222. The van der Waals surface area contributed by atoms with Crippen LogP contribution in [-0.4, -0.2) is 5.97 Å². The van der Waals surface area contributed by atoms with Crippen LogP contribution in [0.4, 0.5) is 0 Å². The summed E-state index contributed by atoms with van der Waals surface area (Å²) in [6.07, 6.45) is 1.76. The quantitative estimate of drug-likeness (QED) is 0.139. The summed E-state index contributed by atoms with van der Waals surface area (Å²) in [6.45, 7) is 4.22. The van der Waals surface area contributed by atoms with Gasteiger partial charge in [0.25, 0.3) is 0 Å². The number of hydrogen-bond donors (Lipinski definition) is 0. The zero-order chi connectivity index (χ0) is 22.0. The summed E-state index contributed by atoms with van der Waals surface area (Å²) in [5.74, 6) is 0.278. The van der Waals surface area contributed by atoms with E-state index in [9.17, 15) is 4.79 Å². The Morgan fingerprint density at radius 1 is 0.742 bits per heavy atom. The predicted molar refractivity (Wildman–Crippen MR) is 137 cm³/mol. The lowest BCUT2D eigenvalue weighted by Gasteiger charge is -2.19. The number of hydrogen-bond acceptors (Lipinski definition) is 2. The molecule has 2 nitrogen and oxygen atoms in total. The van der Waals surface area contributed by atoms with Crippen molar-refractivity contribution in [1.82, 2.24) is 0 Å². The van der Waals surface area contributed by atoms with Crippen LogP contribution in [0.1, 0.15) is 57.8 Å². The molecule has 158 valence electrons. The third-order valence-corrected chi connectivity index (χ3v) is 7.88. The van der Waals surface area contributed by atoms with Crippen molar-refractivity contribution >= 4 is 59.4 Å². The van der Waals surface area contributed by atoms with Gasteiger partial charge in [-0.25, -0.2) is 4.79 Å². The molecular weight excluding hydrogens is 516 g/mol. The van der Waals surface area contributed by atoms with E-state index in [1.54, 1.807) is 0 Å². The van der Waals surface area contributed by atoms with Crippen molar-refractivity contribution in [2.24, 2.45) is 0 Å². The van der Waals surface area contributed by atoms with E-state index in [1.165, 1.54) is 0 Å². The maximum atomic E-state index is 13.4. The summed E-state index contributed by atoms with van der Waals surface area (Å²) >= 11 is 7.56. The van der Waals surface area contributed by atoms with Crippen LogP contribution in [0.3, 0.4) is 0 Å². The molecule has 0 radical (unpaired) electrons. The number of esters is 1. The maximum absolute atomic E-state index is 13.4. The number of ether oxygens (including phenoxy) is 1. The van der Waals surface area contributed by atoms with E-state index in [-0.39, 0.29) is 15.6 Å². The van der Waals surface area contributed by atoms with Gasteiger partial charge in [0, 0.05) is 15.2 Å². The zero-order valence-electron chi connectivity index (χ0n) is 17.6. The first kappa shape index (κ1) is 22.0. The molecule has 2 atom stereocenters. The van der Waals surface area contributed by atoms with Crippen molar-refractivity contribution in [3.63, 3.8) is 0 Å².